The Kier molecular flexibility index (Phi) is 8.95. The maximum atomic E-state index is 13.0. The van der Waals surface area contributed by atoms with Crippen molar-refractivity contribution in [2.45, 2.75) is 33.4 Å². The van der Waals surface area contributed by atoms with Gasteiger partial charge in [-0.1, -0.05) is 55.8 Å². The van der Waals surface area contributed by atoms with Crippen LogP contribution < -0.4 is 14.9 Å². The molecule has 2 aromatic carbocycles. The Balaban J connectivity index is 2.22. The van der Waals surface area contributed by atoms with E-state index in [1.807, 2.05) is 44.2 Å². The largest absolute Gasteiger partial charge is 0.495 e. The summed E-state index contributed by atoms with van der Waals surface area (Å²) in [5, 5.41) is 10.5. The summed E-state index contributed by atoms with van der Waals surface area (Å²) in [6, 6.07) is 13.9. The van der Waals surface area contributed by atoms with Crippen molar-refractivity contribution < 1.29 is 24.1 Å². The predicted octanol–water partition coefficient (Wildman–Crippen LogP) is 5.12. The first-order valence-electron chi connectivity index (χ1n) is 11.4. The number of hydrogen-bond donors (Lipinski definition) is 1. The third-order valence-corrected chi connectivity index (χ3v) is 5.95. The number of hydrogen-bond acceptors (Lipinski definition) is 6. The number of carbonyl (C=O) groups excluding carboxylic acids is 1. The summed E-state index contributed by atoms with van der Waals surface area (Å²) in [7, 11) is 1.51. The van der Waals surface area contributed by atoms with Crippen LogP contribution in [0, 0.1) is 5.92 Å². The summed E-state index contributed by atoms with van der Waals surface area (Å²) < 4.78 is 18.3. The molecule has 7 nitrogen and oxygen atoms in total. The lowest BCUT2D eigenvalue weighted by atomic mass is 10.0. The zero-order valence-corrected chi connectivity index (χ0v) is 21.0. The Bertz CT molecular complexity index is 1220. The van der Waals surface area contributed by atoms with Crippen LogP contribution in [-0.2, 0) is 11.3 Å². The molecule has 8 heteroatoms. The predicted molar refractivity (Wildman–Crippen MR) is 135 cm³/mol. The summed E-state index contributed by atoms with van der Waals surface area (Å²) in [6.07, 6.45) is 1.44. The lowest BCUT2D eigenvalue weighted by Gasteiger charge is -2.27. The van der Waals surface area contributed by atoms with Crippen LogP contribution in [0.2, 0.25) is 5.02 Å². The minimum absolute atomic E-state index is 0.0151. The lowest BCUT2D eigenvalue weighted by molar-refractivity contribution is 0.0523. The van der Waals surface area contributed by atoms with E-state index in [-0.39, 0.29) is 31.3 Å². The molecule has 0 bridgehead atoms. The van der Waals surface area contributed by atoms with Gasteiger partial charge in [0.1, 0.15) is 23.7 Å². The van der Waals surface area contributed by atoms with Gasteiger partial charge in [0.15, 0.2) is 5.43 Å². The zero-order valence-electron chi connectivity index (χ0n) is 20.3. The Morgan fingerprint density at radius 3 is 2.43 bits per heavy atom. The number of carbonyl (C=O) groups is 1. The second-order valence-electron chi connectivity index (χ2n) is 8.32. The molecule has 3 aromatic rings. The van der Waals surface area contributed by atoms with Gasteiger partial charge in [-0.05, 0) is 24.5 Å². The number of nitrogens with zero attached hydrogens (tertiary/aromatic N) is 1. The quantitative estimate of drug-likeness (QED) is 0.389. The zero-order chi connectivity index (χ0) is 25.5. The molecule has 1 atom stereocenters. The van der Waals surface area contributed by atoms with Crippen molar-refractivity contribution in [3.63, 3.8) is 0 Å². The van der Waals surface area contributed by atoms with E-state index in [9.17, 15) is 14.7 Å². The lowest BCUT2D eigenvalue weighted by Crippen LogP contribution is -2.26. The van der Waals surface area contributed by atoms with Gasteiger partial charge in [0.25, 0.3) is 0 Å². The van der Waals surface area contributed by atoms with Gasteiger partial charge in [0, 0.05) is 23.9 Å². The third-order valence-electron chi connectivity index (χ3n) is 5.66. The average Bonchev–Trinajstić information content (AvgIpc) is 2.84. The Morgan fingerprint density at radius 1 is 1.11 bits per heavy atom. The van der Waals surface area contributed by atoms with E-state index in [1.54, 1.807) is 23.6 Å². The van der Waals surface area contributed by atoms with E-state index in [2.05, 4.69) is 0 Å². The molecule has 1 unspecified atom stereocenters. The van der Waals surface area contributed by atoms with Crippen LogP contribution in [0.25, 0.3) is 11.3 Å². The molecule has 1 aromatic heterocycles. The van der Waals surface area contributed by atoms with Gasteiger partial charge in [-0.25, -0.2) is 4.79 Å². The van der Waals surface area contributed by atoms with Gasteiger partial charge in [0.2, 0.25) is 0 Å². The number of pyridine rings is 1. The molecule has 0 aliphatic carbocycles. The number of halogens is 1. The molecule has 0 fully saturated rings. The first-order valence-corrected chi connectivity index (χ1v) is 11.8. The highest BCUT2D eigenvalue weighted by atomic mass is 35.5. The number of aliphatic hydroxyl groups excluding tert-OH is 1. The van der Waals surface area contributed by atoms with Crippen molar-refractivity contribution in [2.24, 2.45) is 5.92 Å². The maximum absolute atomic E-state index is 13.0. The number of benzene rings is 2. The van der Waals surface area contributed by atoms with Crippen LogP contribution in [0.15, 0.2) is 59.5 Å². The minimum Gasteiger partial charge on any atom is -0.495 e. The van der Waals surface area contributed by atoms with Crippen molar-refractivity contribution in [1.29, 1.82) is 0 Å². The average molecular weight is 500 g/mol. The second kappa shape index (κ2) is 11.9. The molecule has 0 spiro atoms. The minimum atomic E-state index is -0.716. The fourth-order valence-electron chi connectivity index (χ4n) is 3.77. The van der Waals surface area contributed by atoms with Crippen LogP contribution in [0.1, 0.15) is 42.7 Å². The number of aromatic nitrogens is 1. The van der Waals surface area contributed by atoms with Crippen molar-refractivity contribution in [3.8, 4) is 22.8 Å². The third kappa shape index (κ3) is 6.05. The molecule has 0 saturated carbocycles. The van der Waals surface area contributed by atoms with E-state index < -0.39 is 17.4 Å². The van der Waals surface area contributed by atoms with Crippen molar-refractivity contribution in [2.75, 3.05) is 20.3 Å². The molecule has 0 radical (unpaired) electrons. The molecule has 0 aliphatic heterocycles. The highest BCUT2D eigenvalue weighted by Crippen LogP contribution is 2.40. The van der Waals surface area contributed by atoms with Gasteiger partial charge < -0.3 is 23.9 Å². The summed E-state index contributed by atoms with van der Waals surface area (Å²) >= 11 is 6.47. The molecule has 0 amide bonds. The summed E-state index contributed by atoms with van der Waals surface area (Å²) in [6.45, 7) is 5.77. The fourth-order valence-corrected chi connectivity index (χ4v) is 4.01. The molecular formula is C27H30ClNO6. The van der Waals surface area contributed by atoms with Crippen molar-refractivity contribution in [3.05, 3.63) is 81.1 Å². The molecule has 1 N–H and O–H groups in total. The van der Waals surface area contributed by atoms with Gasteiger partial charge in [-0.3, -0.25) is 4.79 Å². The second-order valence-corrected chi connectivity index (χ2v) is 8.72. The van der Waals surface area contributed by atoms with Crippen LogP contribution in [0.3, 0.4) is 0 Å². The highest BCUT2D eigenvalue weighted by molar-refractivity contribution is 6.32. The normalized spacial score (nSPS) is 11.9. The SMILES string of the molecule is CCOC(=O)c1cn(C(CO)C(C)C)c(-c2cc(Cl)c(OC)cc2OCc2ccccc2)cc1=O. The highest BCUT2D eigenvalue weighted by Gasteiger charge is 2.24. The molecule has 35 heavy (non-hydrogen) atoms. The number of rotatable bonds is 10. The molecule has 1 heterocycles. The first kappa shape index (κ1) is 26.3. The number of ether oxygens (including phenoxy) is 3. The van der Waals surface area contributed by atoms with Gasteiger partial charge in [0.05, 0.1) is 37.1 Å². The van der Waals surface area contributed by atoms with E-state index in [1.165, 1.54) is 19.4 Å². The first-order chi connectivity index (χ1) is 16.8. The number of aliphatic hydroxyl groups is 1. The molecular weight excluding hydrogens is 470 g/mol. The van der Waals surface area contributed by atoms with Crippen molar-refractivity contribution >= 4 is 17.6 Å². The van der Waals surface area contributed by atoms with E-state index in [4.69, 9.17) is 25.8 Å². The van der Waals surface area contributed by atoms with Crippen LogP contribution in [0.4, 0.5) is 0 Å². The smallest absolute Gasteiger partial charge is 0.343 e. The monoisotopic (exact) mass is 499 g/mol. The standard InChI is InChI=1S/C27H30ClNO6/c1-5-34-27(32)20-14-29(23(15-30)17(2)3)22(12-24(20)31)19-11-21(28)26(33-4)13-25(19)35-16-18-9-7-6-8-10-18/h6-14,17,23,30H,5,15-16H2,1-4H3. The van der Waals surface area contributed by atoms with Crippen LogP contribution >= 0.6 is 11.6 Å². The summed E-state index contributed by atoms with van der Waals surface area (Å²) in [5.74, 6) is 0.121. The molecule has 186 valence electrons. The van der Waals surface area contributed by atoms with Crippen LogP contribution in [0.5, 0.6) is 11.5 Å². The number of methoxy groups -OCH3 is 1. The topological polar surface area (TPSA) is 87.0 Å². The summed E-state index contributed by atoms with van der Waals surface area (Å²) in [4.78, 5) is 25.4. The number of esters is 1. The van der Waals surface area contributed by atoms with Gasteiger partial charge in [-0.15, -0.1) is 0 Å². The molecule has 3 rings (SSSR count). The Labute approximate surface area is 209 Å². The van der Waals surface area contributed by atoms with E-state index in [0.29, 0.717) is 27.8 Å². The summed E-state index contributed by atoms with van der Waals surface area (Å²) in [5.41, 5.74) is 1.32. The van der Waals surface area contributed by atoms with E-state index >= 15 is 0 Å². The van der Waals surface area contributed by atoms with Gasteiger partial charge >= 0.3 is 5.97 Å². The van der Waals surface area contributed by atoms with Crippen molar-refractivity contribution in [1.82, 2.24) is 4.57 Å². The van der Waals surface area contributed by atoms with E-state index in [0.717, 1.165) is 5.56 Å². The Morgan fingerprint density at radius 2 is 1.83 bits per heavy atom. The van der Waals surface area contributed by atoms with Crippen LogP contribution in [-0.4, -0.2) is 36.0 Å². The molecule has 0 aliphatic rings. The maximum Gasteiger partial charge on any atom is 0.343 e. The Hall–Kier alpha value is -3.29. The molecule has 0 saturated heterocycles. The fraction of sp³-hybridized carbons (Fsp3) is 0.333. The van der Waals surface area contributed by atoms with Gasteiger partial charge in [-0.2, -0.15) is 0 Å².